The molecule has 7 heteroatoms. The van der Waals surface area contributed by atoms with E-state index in [-0.39, 0.29) is 0 Å². The van der Waals surface area contributed by atoms with E-state index in [0.717, 1.165) is 19.6 Å². The van der Waals surface area contributed by atoms with Crippen LogP contribution in [0.4, 0.5) is 5.82 Å². The van der Waals surface area contributed by atoms with Gasteiger partial charge in [0.05, 0.1) is 22.4 Å². The Kier molecular flexibility index (Phi) is 4.97. The molecule has 2 unspecified atom stereocenters. The molecule has 1 aliphatic heterocycles. The molecule has 5 nitrogen and oxygen atoms in total. The Labute approximate surface area is 144 Å². The van der Waals surface area contributed by atoms with Gasteiger partial charge in [-0.1, -0.05) is 29.3 Å². The number of halogens is 2. The zero-order valence-electron chi connectivity index (χ0n) is 12.3. The molecule has 1 aromatic heterocycles. The summed E-state index contributed by atoms with van der Waals surface area (Å²) in [6, 6.07) is 7.77. The van der Waals surface area contributed by atoms with Gasteiger partial charge in [0.1, 0.15) is 11.9 Å². The molecule has 2 heterocycles. The van der Waals surface area contributed by atoms with Crippen LogP contribution in [0.15, 0.2) is 30.6 Å². The Balaban J connectivity index is 1.66. The van der Waals surface area contributed by atoms with Crippen molar-refractivity contribution in [3.63, 3.8) is 0 Å². The summed E-state index contributed by atoms with van der Waals surface area (Å²) in [6.45, 7) is 2.59. The third kappa shape index (κ3) is 3.73. The highest BCUT2D eigenvalue weighted by Crippen LogP contribution is 2.32. The molecule has 3 rings (SSSR count). The summed E-state index contributed by atoms with van der Waals surface area (Å²) in [6.07, 6.45) is 3.04. The van der Waals surface area contributed by atoms with Crippen molar-refractivity contribution in [3.05, 3.63) is 51.9 Å². The van der Waals surface area contributed by atoms with E-state index in [1.807, 2.05) is 24.3 Å². The monoisotopic (exact) mass is 347 g/mol. The van der Waals surface area contributed by atoms with Gasteiger partial charge in [-0.15, -0.1) is 0 Å². The number of nitrogens with zero attached hydrogens (tertiary/aromatic N) is 3. The van der Waals surface area contributed by atoms with Crippen LogP contribution < -0.4 is 10.6 Å². The minimum atomic E-state index is 0.312. The van der Waals surface area contributed by atoms with Gasteiger partial charge in [0.25, 0.3) is 0 Å². The van der Waals surface area contributed by atoms with Gasteiger partial charge in [-0.3, -0.25) is 0 Å². The average Bonchev–Trinajstić information content (AvgIpc) is 3.04. The molecule has 0 bridgehead atoms. The van der Waals surface area contributed by atoms with Crippen molar-refractivity contribution >= 4 is 29.0 Å². The second kappa shape index (κ2) is 7.14. The number of aromatic nitrogens is 2. The van der Waals surface area contributed by atoms with Crippen LogP contribution in [-0.2, 0) is 0 Å². The molecule has 1 aliphatic rings. The quantitative estimate of drug-likeness (QED) is 0.888. The molecule has 1 saturated heterocycles. The molecule has 23 heavy (non-hydrogen) atoms. The summed E-state index contributed by atoms with van der Waals surface area (Å²) >= 11 is 12.1. The third-order valence-corrected chi connectivity index (χ3v) is 4.76. The maximum absolute atomic E-state index is 8.73. The number of nitrogens with one attached hydrogen (secondary N) is 2. The van der Waals surface area contributed by atoms with E-state index in [9.17, 15) is 0 Å². The van der Waals surface area contributed by atoms with E-state index in [2.05, 4.69) is 20.6 Å². The van der Waals surface area contributed by atoms with Crippen molar-refractivity contribution in [2.45, 2.75) is 5.92 Å². The number of nitriles is 1. The van der Waals surface area contributed by atoms with E-state index in [1.54, 1.807) is 6.20 Å². The number of hydrogen-bond donors (Lipinski definition) is 2. The number of benzene rings is 1. The molecular formula is C16H15Cl2N5. The average molecular weight is 348 g/mol. The summed E-state index contributed by atoms with van der Waals surface area (Å²) in [5.74, 6) is 1.44. The van der Waals surface area contributed by atoms with Gasteiger partial charge in [-0.05, 0) is 23.6 Å². The van der Waals surface area contributed by atoms with Crippen molar-refractivity contribution in [1.29, 1.82) is 5.26 Å². The summed E-state index contributed by atoms with van der Waals surface area (Å²) in [5, 5.41) is 16.6. The second-order valence-electron chi connectivity index (χ2n) is 5.48. The molecule has 118 valence electrons. The normalized spacial score (nSPS) is 20.2. The molecule has 0 amide bonds. The zero-order chi connectivity index (χ0) is 16.2. The van der Waals surface area contributed by atoms with Crippen molar-refractivity contribution in [2.24, 2.45) is 5.92 Å². The Morgan fingerprint density at radius 1 is 1.22 bits per heavy atom. The van der Waals surface area contributed by atoms with Gasteiger partial charge >= 0.3 is 0 Å². The van der Waals surface area contributed by atoms with Crippen LogP contribution in [0.5, 0.6) is 0 Å². The summed E-state index contributed by atoms with van der Waals surface area (Å²) in [7, 11) is 0. The van der Waals surface area contributed by atoms with Gasteiger partial charge in [0.2, 0.25) is 0 Å². The van der Waals surface area contributed by atoms with Gasteiger partial charge in [0, 0.05) is 25.6 Å². The standard InChI is InChI=1S/C16H15Cl2N5/c17-14-2-1-10(3-15(14)18)13-8-20-5-11(13)6-22-16-9-21-12(4-19)7-23-16/h1-3,7,9,11,13,20H,5-6,8H2,(H,22,23). The predicted molar refractivity (Wildman–Crippen MR) is 90.8 cm³/mol. The fourth-order valence-corrected chi connectivity index (χ4v) is 3.10. The predicted octanol–water partition coefficient (Wildman–Crippen LogP) is 3.07. The van der Waals surface area contributed by atoms with Gasteiger partial charge < -0.3 is 10.6 Å². The lowest BCUT2D eigenvalue weighted by Gasteiger charge is -2.20. The zero-order valence-corrected chi connectivity index (χ0v) is 13.8. The fourth-order valence-electron chi connectivity index (χ4n) is 2.79. The molecule has 0 spiro atoms. The van der Waals surface area contributed by atoms with E-state index in [1.165, 1.54) is 11.8 Å². The molecule has 0 aliphatic carbocycles. The molecule has 0 saturated carbocycles. The Bertz CT molecular complexity index is 726. The number of anilines is 1. The van der Waals surface area contributed by atoms with Crippen LogP contribution in [0.2, 0.25) is 10.0 Å². The topological polar surface area (TPSA) is 73.6 Å². The van der Waals surface area contributed by atoms with E-state index in [0.29, 0.717) is 33.4 Å². The number of rotatable bonds is 4. The highest BCUT2D eigenvalue weighted by atomic mass is 35.5. The van der Waals surface area contributed by atoms with Crippen LogP contribution in [-0.4, -0.2) is 29.6 Å². The SMILES string of the molecule is N#Cc1cnc(NCC2CNCC2c2ccc(Cl)c(Cl)c2)cn1. The van der Waals surface area contributed by atoms with Crippen molar-refractivity contribution in [3.8, 4) is 6.07 Å². The smallest absolute Gasteiger partial charge is 0.158 e. The van der Waals surface area contributed by atoms with Gasteiger partial charge in [-0.2, -0.15) is 5.26 Å². The fraction of sp³-hybridized carbons (Fsp3) is 0.312. The summed E-state index contributed by atoms with van der Waals surface area (Å²) < 4.78 is 0. The summed E-state index contributed by atoms with van der Waals surface area (Å²) in [4.78, 5) is 8.19. The maximum atomic E-state index is 8.73. The highest BCUT2D eigenvalue weighted by molar-refractivity contribution is 6.42. The van der Waals surface area contributed by atoms with Crippen molar-refractivity contribution in [2.75, 3.05) is 25.0 Å². The van der Waals surface area contributed by atoms with Crippen molar-refractivity contribution in [1.82, 2.24) is 15.3 Å². The molecule has 2 N–H and O–H groups in total. The Hall–Kier alpha value is -1.87. The van der Waals surface area contributed by atoms with E-state index < -0.39 is 0 Å². The van der Waals surface area contributed by atoms with E-state index in [4.69, 9.17) is 28.5 Å². The van der Waals surface area contributed by atoms with Crippen LogP contribution in [0.3, 0.4) is 0 Å². The summed E-state index contributed by atoms with van der Waals surface area (Å²) in [5.41, 5.74) is 1.49. The molecule has 0 radical (unpaired) electrons. The molecule has 1 fully saturated rings. The van der Waals surface area contributed by atoms with E-state index >= 15 is 0 Å². The minimum absolute atomic E-state index is 0.312. The molecule has 1 aromatic carbocycles. The molecular weight excluding hydrogens is 333 g/mol. The van der Waals surface area contributed by atoms with Crippen LogP contribution in [0.1, 0.15) is 17.2 Å². The molecule has 2 atom stereocenters. The lowest BCUT2D eigenvalue weighted by atomic mass is 9.89. The lowest BCUT2D eigenvalue weighted by Crippen LogP contribution is -2.21. The highest BCUT2D eigenvalue weighted by Gasteiger charge is 2.28. The van der Waals surface area contributed by atoms with Gasteiger partial charge in [0.15, 0.2) is 5.69 Å². The molecule has 2 aromatic rings. The first-order chi connectivity index (χ1) is 11.2. The van der Waals surface area contributed by atoms with Gasteiger partial charge in [-0.25, -0.2) is 9.97 Å². The first-order valence-electron chi connectivity index (χ1n) is 7.29. The Morgan fingerprint density at radius 3 is 2.78 bits per heavy atom. The first-order valence-corrected chi connectivity index (χ1v) is 8.04. The lowest BCUT2D eigenvalue weighted by molar-refractivity contribution is 0.545. The second-order valence-corrected chi connectivity index (χ2v) is 6.29. The first kappa shape index (κ1) is 16.0. The number of hydrogen-bond acceptors (Lipinski definition) is 5. The van der Waals surface area contributed by atoms with Crippen molar-refractivity contribution < 1.29 is 0 Å². The van der Waals surface area contributed by atoms with Crippen LogP contribution >= 0.6 is 23.2 Å². The van der Waals surface area contributed by atoms with Crippen LogP contribution in [0, 0.1) is 17.2 Å². The third-order valence-electron chi connectivity index (χ3n) is 4.02. The van der Waals surface area contributed by atoms with Crippen LogP contribution in [0.25, 0.3) is 0 Å². The minimum Gasteiger partial charge on any atom is -0.368 e. The Morgan fingerprint density at radius 2 is 2.09 bits per heavy atom. The maximum Gasteiger partial charge on any atom is 0.158 e. The largest absolute Gasteiger partial charge is 0.368 e.